The molecule has 0 saturated carbocycles. The predicted molar refractivity (Wildman–Crippen MR) is 68.7 cm³/mol. The van der Waals surface area contributed by atoms with Gasteiger partial charge in [0, 0.05) is 11.4 Å². The maximum Gasteiger partial charge on any atom is 0.225 e. The Morgan fingerprint density at radius 2 is 2.41 bits per heavy atom. The molecule has 0 aromatic carbocycles. The molecule has 90 valence electrons. The summed E-state index contributed by atoms with van der Waals surface area (Å²) in [5.74, 6) is 0.730. The van der Waals surface area contributed by atoms with Gasteiger partial charge in [0.05, 0.1) is 5.39 Å². The van der Waals surface area contributed by atoms with Crippen molar-refractivity contribution in [3.8, 4) is 5.88 Å². The minimum absolute atomic E-state index is 0.238. The molecule has 2 aromatic heterocycles. The molecule has 1 N–H and O–H groups in total. The summed E-state index contributed by atoms with van der Waals surface area (Å²) in [6.45, 7) is 4.09. The van der Waals surface area contributed by atoms with Gasteiger partial charge in [0.1, 0.15) is 17.3 Å². The number of thiophene rings is 1. The summed E-state index contributed by atoms with van der Waals surface area (Å²) in [6.07, 6.45) is 4.09. The number of piperidine rings is 1. The van der Waals surface area contributed by atoms with Gasteiger partial charge in [0.15, 0.2) is 0 Å². The number of ether oxygens (including phenoxy) is 1. The van der Waals surface area contributed by atoms with Gasteiger partial charge in [-0.15, -0.1) is 11.3 Å². The summed E-state index contributed by atoms with van der Waals surface area (Å²) in [5.41, 5.74) is 0. The maximum absolute atomic E-state index is 5.97. The smallest absolute Gasteiger partial charge is 0.225 e. The molecular weight excluding hydrogens is 234 g/mol. The Hall–Kier alpha value is -1.20. The van der Waals surface area contributed by atoms with Gasteiger partial charge in [0.2, 0.25) is 5.88 Å². The van der Waals surface area contributed by atoms with Gasteiger partial charge in [-0.25, -0.2) is 9.97 Å². The van der Waals surface area contributed by atoms with E-state index in [0.29, 0.717) is 0 Å². The van der Waals surface area contributed by atoms with Crippen LogP contribution in [0.15, 0.2) is 12.4 Å². The van der Waals surface area contributed by atoms with E-state index in [1.165, 1.54) is 11.3 Å². The zero-order valence-electron chi connectivity index (χ0n) is 9.77. The Morgan fingerprint density at radius 1 is 1.47 bits per heavy atom. The molecule has 5 heteroatoms. The third-order valence-electron chi connectivity index (χ3n) is 2.95. The van der Waals surface area contributed by atoms with Crippen LogP contribution in [-0.4, -0.2) is 29.2 Å². The first-order valence-corrected chi connectivity index (χ1v) is 6.73. The average Bonchev–Trinajstić information content (AvgIpc) is 2.72. The topological polar surface area (TPSA) is 47.0 Å². The average molecular weight is 249 g/mol. The molecule has 1 unspecified atom stereocenters. The number of fused-ring (bicyclic) bond motifs is 1. The Kier molecular flexibility index (Phi) is 2.94. The predicted octanol–water partition coefficient (Wildman–Crippen LogP) is 2.13. The summed E-state index contributed by atoms with van der Waals surface area (Å²) in [4.78, 5) is 10.8. The van der Waals surface area contributed by atoms with E-state index in [9.17, 15) is 0 Å². The van der Waals surface area contributed by atoms with Crippen LogP contribution in [0.1, 0.15) is 17.7 Å². The van der Waals surface area contributed by atoms with E-state index in [4.69, 9.17) is 4.74 Å². The highest BCUT2D eigenvalue weighted by Gasteiger charge is 2.17. The summed E-state index contributed by atoms with van der Waals surface area (Å²) in [7, 11) is 0. The zero-order chi connectivity index (χ0) is 11.7. The van der Waals surface area contributed by atoms with E-state index >= 15 is 0 Å². The van der Waals surface area contributed by atoms with Crippen molar-refractivity contribution in [3.63, 3.8) is 0 Å². The van der Waals surface area contributed by atoms with Gasteiger partial charge in [-0.3, -0.25) is 0 Å². The van der Waals surface area contributed by atoms with E-state index in [2.05, 4.69) is 28.3 Å². The molecule has 1 saturated heterocycles. The van der Waals surface area contributed by atoms with Crippen LogP contribution in [0.3, 0.4) is 0 Å². The molecule has 0 bridgehead atoms. The number of nitrogens with one attached hydrogen (secondary N) is 1. The standard InChI is InChI=1S/C12H15N3OS/c1-8-5-10-11(14-7-15-12(10)17-8)16-9-3-2-4-13-6-9/h5,7,9,13H,2-4,6H2,1H3. The maximum atomic E-state index is 5.97. The molecule has 0 spiro atoms. The van der Waals surface area contributed by atoms with Crippen molar-refractivity contribution in [2.24, 2.45) is 0 Å². The van der Waals surface area contributed by atoms with Crippen molar-refractivity contribution in [3.05, 3.63) is 17.3 Å². The van der Waals surface area contributed by atoms with Crippen molar-refractivity contribution in [1.29, 1.82) is 0 Å². The Morgan fingerprint density at radius 3 is 3.24 bits per heavy atom. The molecule has 1 atom stereocenters. The van der Waals surface area contributed by atoms with Gasteiger partial charge in [-0.2, -0.15) is 0 Å². The minimum Gasteiger partial charge on any atom is -0.472 e. The van der Waals surface area contributed by atoms with E-state index in [1.54, 1.807) is 17.7 Å². The lowest BCUT2D eigenvalue weighted by Gasteiger charge is -2.23. The van der Waals surface area contributed by atoms with Crippen molar-refractivity contribution >= 4 is 21.6 Å². The van der Waals surface area contributed by atoms with Gasteiger partial charge in [0.25, 0.3) is 0 Å². The van der Waals surface area contributed by atoms with E-state index in [-0.39, 0.29) is 6.10 Å². The lowest BCUT2D eigenvalue weighted by molar-refractivity contribution is 0.162. The van der Waals surface area contributed by atoms with Crippen molar-refractivity contribution < 1.29 is 4.74 Å². The van der Waals surface area contributed by atoms with Crippen molar-refractivity contribution in [2.45, 2.75) is 25.9 Å². The SMILES string of the molecule is Cc1cc2c(OC3CCCNC3)ncnc2s1. The number of rotatable bonds is 2. The lowest BCUT2D eigenvalue weighted by Crippen LogP contribution is -2.37. The summed E-state index contributed by atoms with van der Waals surface area (Å²) in [5, 5.41) is 4.38. The van der Waals surface area contributed by atoms with Crippen LogP contribution >= 0.6 is 11.3 Å². The molecular formula is C12H15N3OS. The number of aromatic nitrogens is 2. The van der Waals surface area contributed by atoms with Gasteiger partial charge in [-0.05, 0) is 32.4 Å². The fourth-order valence-electron chi connectivity index (χ4n) is 2.13. The third-order valence-corrected chi connectivity index (χ3v) is 3.90. The quantitative estimate of drug-likeness (QED) is 0.885. The Balaban J connectivity index is 1.88. The Bertz CT molecular complexity index is 519. The van der Waals surface area contributed by atoms with E-state index < -0.39 is 0 Å². The summed E-state index contributed by atoms with van der Waals surface area (Å²) >= 11 is 1.68. The molecule has 0 radical (unpaired) electrons. The summed E-state index contributed by atoms with van der Waals surface area (Å²) < 4.78 is 5.97. The molecule has 4 nitrogen and oxygen atoms in total. The van der Waals surface area contributed by atoms with Gasteiger partial charge >= 0.3 is 0 Å². The highest BCUT2D eigenvalue weighted by atomic mass is 32.1. The van der Waals surface area contributed by atoms with Crippen LogP contribution in [0, 0.1) is 6.92 Å². The highest BCUT2D eigenvalue weighted by molar-refractivity contribution is 7.18. The second kappa shape index (κ2) is 4.58. The number of hydrogen-bond acceptors (Lipinski definition) is 5. The number of aryl methyl sites for hydroxylation is 1. The van der Waals surface area contributed by atoms with Crippen LogP contribution in [0.4, 0.5) is 0 Å². The first-order valence-electron chi connectivity index (χ1n) is 5.91. The molecule has 1 fully saturated rings. The van der Waals surface area contributed by atoms with Crippen LogP contribution < -0.4 is 10.1 Å². The van der Waals surface area contributed by atoms with Crippen molar-refractivity contribution in [1.82, 2.24) is 15.3 Å². The fraction of sp³-hybridized carbons (Fsp3) is 0.500. The minimum atomic E-state index is 0.238. The number of nitrogens with zero attached hydrogens (tertiary/aromatic N) is 2. The second-order valence-electron chi connectivity index (χ2n) is 4.34. The molecule has 17 heavy (non-hydrogen) atoms. The molecule has 2 aromatic rings. The fourth-order valence-corrected chi connectivity index (χ4v) is 2.96. The monoisotopic (exact) mass is 249 g/mol. The molecule has 1 aliphatic heterocycles. The van der Waals surface area contributed by atoms with Crippen LogP contribution in [0.5, 0.6) is 5.88 Å². The molecule has 1 aliphatic rings. The van der Waals surface area contributed by atoms with Gasteiger partial charge < -0.3 is 10.1 Å². The lowest BCUT2D eigenvalue weighted by atomic mass is 10.1. The zero-order valence-corrected chi connectivity index (χ0v) is 10.6. The normalized spacial score (nSPS) is 20.6. The van der Waals surface area contributed by atoms with Crippen molar-refractivity contribution in [2.75, 3.05) is 13.1 Å². The molecule has 3 heterocycles. The van der Waals surface area contributed by atoms with Crippen LogP contribution in [0.2, 0.25) is 0 Å². The second-order valence-corrected chi connectivity index (χ2v) is 5.58. The third kappa shape index (κ3) is 2.25. The highest BCUT2D eigenvalue weighted by Crippen LogP contribution is 2.29. The van der Waals surface area contributed by atoms with Crippen LogP contribution in [0.25, 0.3) is 10.2 Å². The molecule has 0 aliphatic carbocycles. The van der Waals surface area contributed by atoms with E-state index in [1.807, 2.05) is 0 Å². The largest absolute Gasteiger partial charge is 0.472 e. The molecule has 3 rings (SSSR count). The van der Waals surface area contributed by atoms with Gasteiger partial charge in [-0.1, -0.05) is 0 Å². The first-order chi connectivity index (χ1) is 8.33. The number of hydrogen-bond donors (Lipinski definition) is 1. The molecule has 0 amide bonds. The first kappa shape index (κ1) is 10.9. The van der Waals surface area contributed by atoms with Crippen LogP contribution in [-0.2, 0) is 0 Å². The summed E-state index contributed by atoms with van der Waals surface area (Å²) in [6, 6.07) is 2.10. The van der Waals surface area contributed by atoms with E-state index in [0.717, 1.165) is 35.6 Å². The Labute approximate surface area is 104 Å².